The molecule has 1 amide bonds. The van der Waals surface area contributed by atoms with Gasteiger partial charge in [-0.25, -0.2) is 8.42 Å². The lowest BCUT2D eigenvalue weighted by atomic mass is 10.0. The normalized spacial score (nSPS) is 23.0. The van der Waals surface area contributed by atoms with Crippen LogP contribution >= 0.6 is 0 Å². The fourth-order valence-corrected chi connectivity index (χ4v) is 6.35. The zero-order chi connectivity index (χ0) is 22.0. The molecule has 2 aliphatic rings. The Morgan fingerprint density at radius 2 is 1.87 bits per heavy atom. The smallest absolute Gasteiger partial charge is 0.243 e. The average Bonchev–Trinajstić information content (AvgIpc) is 3.12. The van der Waals surface area contributed by atoms with Crippen LogP contribution in [0.15, 0.2) is 41.3 Å². The second kappa shape index (κ2) is 9.00. The molecule has 3 heterocycles. The molecule has 0 saturated carbocycles. The van der Waals surface area contributed by atoms with Crippen molar-refractivity contribution in [1.82, 2.24) is 19.4 Å². The van der Waals surface area contributed by atoms with Gasteiger partial charge in [-0.2, -0.15) is 9.40 Å². The van der Waals surface area contributed by atoms with E-state index in [1.54, 1.807) is 30.3 Å². The zero-order valence-electron chi connectivity index (χ0n) is 18.2. The van der Waals surface area contributed by atoms with Gasteiger partial charge in [0.25, 0.3) is 0 Å². The van der Waals surface area contributed by atoms with Crippen LogP contribution in [0.5, 0.6) is 0 Å². The lowest BCUT2D eigenvalue weighted by Gasteiger charge is -2.37. The van der Waals surface area contributed by atoms with Crippen molar-refractivity contribution >= 4 is 21.7 Å². The van der Waals surface area contributed by atoms with Gasteiger partial charge in [-0.3, -0.25) is 9.48 Å². The number of benzene rings is 1. The fraction of sp³-hybridized carbons (Fsp3) is 0.545. The van der Waals surface area contributed by atoms with Gasteiger partial charge >= 0.3 is 0 Å². The van der Waals surface area contributed by atoms with Crippen molar-refractivity contribution in [1.29, 1.82) is 0 Å². The van der Waals surface area contributed by atoms with Crippen LogP contribution in [-0.4, -0.2) is 60.1 Å². The van der Waals surface area contributed by atoms with E-state index in [1.807, 2.05) is 18.7 Å². The molecule has 0 unspecified atom stereocenters. The summed E-state index contributed by atoms with van der Waals surface area (Å²) in [6, 6.07) is 9.78. The van der Waals surface area contributed by atoms with Crippen LogP contribution in [0.4, 0.5) is 5.82 Å². The Morgan fingerprint density at radius 1 is 1.10 bits per heavy atom. The van der Waals surface area contributed by atoms with Crippen molar-refractivity contribution in [2.45, 2.75) is 56.0 Å². The number of carbonyl (C=O) groups excluding carboxylic acids is 1. The molecule has 4 rings (SSSR count). The molecule has 0 bridgehead atoms. The SMILES string of the molecule is Cc1cc(N2CCC[C@@H](NC(=O)[C@H]3CCCCN3S(=O)(=O)c3ccccc3)C2)n(C)n1. The minimum Gasteiger partial charge on any atom is -0.355 e. The van der Waals surface area contributed by atoms with Gasteiger partial charge in [0.05, 0.1) is 10.6 Å². The molecule has 31 heavy (non-hydrogen) atoms. The van der Waals surface area contributed by atoms with Crippen molar-refractivity contribution in [2.24, 2.45) is 7.05 Å². The summed E-state index contributed by atoms with van der Waals surface area (Å²) < 4.78 is 29.7. The first-order valence-electron chi connectivity index (χ1n) is 11.0. The molecule has 2 atom stereocenters. The Balaban J connectivity index is 1.47. The standard InChI is InChI=1S/C22H31N5O3S/c1-17-15-21(25(2)24-17)26-13-8-9-18(16-26)23-22(28)20-12-6-7-14-27(20)31(29,30)19-10-4-3-5-11-19/h3-5,10-11,15,18,20H,6-9,12-14,16H2,1-2H3,(H,23,28)/t18-,20-/m1/s1. The number of nitrogens with one attached hydrogen (secondary N) is 1. The first-order chi connectivity index (χ1) is 14.9. The van der Waals surface area contributed by atoms with Crippen LogP contribution in [0.3, 0.4) is 0 Å². The third kappa shape index (κ3) is 4.62. The zero-order valence-corrected chi connectivity index (χ0v) is 19.0. The van der Waals surface area contributed by atoms with E-state index in [4.69, 9.17) is 0 Å². The summed E-state index contributed by atoms with van der Waals surface area (Å²) in [5.41, 5.74) is 0.965. The molecule has 1 aromatic carbocycles. The van der Waals surface area contributed by atoms with Gasteiger partial charge in [0.2, 0.25) is 15.9 Å². The van der Waals surface area contributed by atoms with Crippen molar-refractivity contribution in [3.05, 3.63) is 42.1 Å². The molecule has 9 heteroatoms. The number of anilines is 1. The number of carbonyl (C=O) groups is 1. The third-order valence-corrected chi connectivity index (χ3v) is 8.10. The highest BCUT2D eigenvalue weighted by molar-refractivity contribution is 7.89. The van der Waals surface area contributed by atoms with Gasteiger partial charge in [-0.1, -0.05) is 24.6 Å². The van der Waals surface area contributed by atoms with Crippen LogP contribution in [0.1, 0.15) is 37.8 Å². The van der Waals surface area contributed by atoms with E-state index in [-0.39, 0.29) is 16.8 Å². The number of aromatic nitrogens is 2. The van der Waals surface area contributed by atoms with E-state index >= 15 is 0 Å². The molecule has 0 aliphatic carbocycles. The molecule has 2 aromatic rings. The summed E-state index contributed by atoms with van der Waals surface area (Å²) in [4.78, 5) is 15.7. The van der Waals surface area contributed by atoms with Crippen molar-refractivity contribution in [3.8, 4) is 0 Å². The number of nitrogens with zero attached hydrogens (tertiary/aromatic N) is 4. The van der Waals surface area contributed by atoms with Gasteiger partial charge in [-0.05, 0) is 44.7 Å². The average molecular weight is 446 g/mol. The van der Waals surface area contributed by atoms with Crippen molar-refractivity contribution in [2.75, 3.05) is 24.5 Å². The van der Waals surface area contributed by atoms with Crippen LogP contribution in [0.2, 0.25) is 0 Å². The summed E-state index contributed by atoms with van der Waals surface area (Å²) in [5.74, 6) is 0.856. The van der Waals surface area contributed by atoms with Gasteiger partial charge < -0.3 is 10.2 Å². The van der Waals surface area contributed by atoms with E-state index < -0.39 is 16.1 Å². The monoisotopic (exact) mass is 445 g/mol. The van der Waals surface area contributed by atoms with Crippen molar-refractivity contribution < 1.29 is 13.2 Å². The van der Waals surface area contributed by atoms with Gasteiger partial charge in [0.1, 0.15) is 11.9 Å². The summed E-state index contributed by atoms with van der Waals surface area (Å²) in [7, 11) is -1.77. The summed E-state index contributed by atoms with van der Waals surface area (Å²) in [5, 5.41) is 7.58. The van der Waals surface area contributed by atoms with Gasteiger partial charge in [0.15, 0.2) is 0 Å². The quantitative estimate of drug-likeness (QED) is 0.761. The predicted molar refractivity (Wildman–Crippen MR) is 119 cm³/mol. The Morgan fingerprint density at radius 3 is 2.58 bits per heavy atom. The highest BCUT2D eigenvalue weighted by Gasteiger charge is 2.38. The Bertz CT molecular complexity index is 1020. The minimum absolute atomic E-state index is 0.0142. The van der Waals surface area contributed by atoms with Crippen LogP contribution in [0, 0.1) is 6.92 Å². The fourth-order valence-electron chi connectivity index (χ4n) is 4.68. The third-order valence-electron chi connectivity index (χ3n) is 6.18. The topological polar surface area (TPSA) is 87.5 Å². The second-order valence-electron chi connectivity index (χ2n) is 8.50. The van der Waals surface area contributed by atoms with Crippen molar-refractivity contribution in [3.63, 3.8) is 0 Å². The van der Waals surface area contributed by atoms with E-state index in [1.165, 1.54) is 4.31 Å². The molecular formula is C22H31N5O3S. The molecule has 168 valence electrons. The van der Waals surface area contributed by atoms with E-state index in [2.05, 4.69) is 21.4 Å². The molecular weight excluding hydrogens is 414 g/mol. The Hall–Kier alpha value is -2.39. The molecule has 8 nitrogen and oxygen atoms in total. The first-order valence-corrected chi connectivity index (χ1v) is 12.4. The number of sulfonamides is 1. The molecule has 2 aliphatic heterocycles. The number of piperidine rings is 2. The maximum absolute atomic E-state index is 13.2. The second-order valence-corrected chi connectivity index (χ2v) is 10.4. The molecule has 1 aromatic heterocycles. The predicted octanol–water partition coefficient (Wildman–Crippen LogP) is 2.06. The number of aryl methyl sites for hydroxylation is 2. The van der Waals surface area contributed by atoms with E-state index in [0.717, 1.165) is 43.7 Å². The Kier molecular flexibility index (Phi) is 6.34. The number of amides is 1. The van der Waals surface area contributed by atoms with Gasteiger partial charge in [0, 0.05) is 38.8 Å². The lowest BCUT2D eigenvalue weighted by Crippen LogP contribution is -2.56. The van der Waals surface area contributed by atoms with E-state index in [9.17, 15) is 13.2 Å². The molecule has 0 spiro atoms. The van der Waals surface area contributed by atoms with E-state index in [0.29, 0.717) is 19.5 Å². The molecule has 2 saturated heterocycles. The highest BCUT2D eigenvalue weighted by Crippen LogP contribution is 2.26. The molecule has 0 radical (unpaired) electrons. The maximum Gasteiger partial charge on any atom is 0.243 e. The summed E-state index contributed by atoms with van der Waals surface area (Å²) >= 11 is 0. The molecule has 2 fully saturated rings. The Labute approximate surface area is 184 Å². The molecule has 1 N–H and O–H groups in total. The number of rotatable bonds is 5. The van der Waals surface area contributed by atoms with Crippen LogP contribution in [-0.2, 0) is 21.9 Å². The van der Waals surface area contributed by atoms with Crippen LogP contribution < -0.4 is 10.2 Å². The number of hydrogen-bond donors (Lipinski definition) is 1. The largest absolute Gasteiger partial charge is 0.355 e. The summed E-state index contributed by atoms with van der Waals surface area (Å²) in [6.45, 7) is 3.96. The number of hydrogen-bond acceptors (Lipinski definition) is 5. The van der Waals surface area contributed by atoms with Gasteiger partial charge in [-0.15, -0.1) is 0 Å². The first kappa shape index (κ1) is 21.8. The highest BCUT2D eigenvalue weighted by atomic mass is 32.2. The summed E-state index contributed by atoms with van der Waals surface area (Å²) in [6.07, 6.45) is 4.02. The van der Waals surface area contributed by atoms with Crippen LogP contribution in [0.25, 0.3) is 0 Å². The maximum atomic E-state index is 13.2. The minimum atomic E-state index is -3.70. The lowest BCUT2D eigenvalue weighted by molar-refractivity contribution is -0.126.